The molecule has 0 aliphatic heterocycles. The molecule has 7 heteroatoms. The lowest BCUT2D eigenvalue weighted by molar-refractivity contribution is -0.184. The zero-order valence-corrected chi connectivity index (χ0v) is 11.9. The van der Waals surface area contributed by atoms with Gasteiger partial charge in [0.15, 0.2) is 0 Å². The molecule has 0 saturated heterocycles. The van der Waals surface area contributed by atoms with Crippen molar-refractivity contribution in [2.75, 3.05) is 7.11 Å². The number of hydrogen-bond donors (Lipinski definition) is 2. The lowest BCUT2D eigenvalue weighted by Crippen LogP contribution is -2.37. The van der Waals surface area contributed by atoms with Crippen molar-refractivity contribution in [3.05, 3.63) is 24.0 Å². The average molecular weight is 303 g/mol. The van der Waals surface area contributed by atoms with Gasteiger partial charge in [0, 0.05) is 6.20 Å². The number of hydrogen-bond acceptors (Lipinski definition) is 4. The lowest BCUT2D eigenvalue weighted by Gasteiger charge is -2.34. The van der Waals surface area contributed by atoms with Crippen LogP contribution in [0, 0.1) is 11.8 Å². The summed E-state index contributed by atoms with van der Waals surface area (Å²) in [7, 11) is 1.54. The number of aromatic nitrogens is 1. The van der Waals surface area contributed by atoms with Crippen LogP contribution in [0.25, 0.3) is 0 Å². The van der Waals surface area contributed by atoms with Crippen LogP contribution in [0.5, 0.6) is 5.75 Å². The number of nitrogens with two attached hydrogens (primary N) is 1. The molecule has 1 aromatic rings. The minimum absolute atomic E-state index is 0.0718. The fraction of sp³-hybridized carbons (Fsp3) is 0.643. The highest BCUT2D eigenvalue weighted by Crippen LogP contribution is 2.43. The van der Waals surface area contributed by atoms with Gasteiger partial charge in [-0.1, -0.05) is 0 Å². The number of nitrogens with zero attached hydrogens (tertiary/aromatic N) is 1. The number of halogens is 3. The molecule has 1 aliphatic carbocycles. The van der Waals surface area contributed by atoms with Gasteiger partial charge in [0.1, 0.15) is 5.75 Å². The SMILES string of the molecule is COc1cncc(C(NN)C2CCC(C(F)(F)F)CC2)c1. The van der Waals surface area contributed by atoms with Crippen LogP contribution in [0.15, 0.2) is 18.5 Å². The van der Waals surface area contributed by atoms with Crippen LogP contribution in [-0.4, -0.2) is 18.3 Å². The molecule has 21 heavy (non-hydrogen) atoms. The minimum atomic E-state index is -4.09. The van der Waals surface area contributed by atoms with Crippen molar-refractivity contribution in [2.24, 2.45) is 17.7 Å². The fourth-order valence-corrected chi connectivity index (χ4v) is 3.00. The predicted molar refractivity (Wildman–Crippen MR) is 72.4 cm³/mol. The Hall–Kier alpha value is -1.34. The Morgan fingerprint density at radius 3 is 2.48 bits per heavy atom. The summed E-state index contributed by atoms with van der Waals surface area (Å²) in [5, 5.41) is 0. The number of ether oxygens (including phenoxy) is 1. The summed E-state index contributed by atoms with van der Waals surface area (Å²) >= 11 is 0. The highest BCUT2D eigenvalue weighted by atomic mass is 19.4. The van der Waals surface area contributed by atoms with E-state index in [9.17, 15) is 13.2 Å². The first-order valence-corrected chi connectivity index (χ1v) is 6.97. The van der Waals surface area contributed by atoms with E-state index in [0.717, 1.165) is 5.56 Å². The molecule has 1 unspecified atom stereocenters. The topological polar surface area (TPSA) is 60.2 Å². The maximum atomic E-state index is 12.7. The zero-order valence-electron chi connectivity index (χ0n) is 11.9. The van der Waals surface area contributed by atoms with Crippen LogP contribution in [0.2, 0.25) is 0 Å². The quantitative estimate of drug-likeness (QED) is 0.663. The van der Waals surface area contributed by atoms with E-state index in [1.165, 1.54) is 0 Å². The van der Waals surface area contributed by atoms with E-state index in [1.807, 2.05) is 6.07 Å². The van der Waals surface area contributed by atoms with E-state index in [2.05, 4.69) is 10.4 Å². The number of pyridine rings is 1. The first-order chi connectivity index (χ1) is 9.95. The number of rotatable bonds is 4. The van der Waals surface area contributed by atoms with Crippen LogP contribution in [-0.2, 0) is 0 Å². The van der Waals surface area contributed by atoms with Crippen molar-refractivity contribution in [2.45, 2.75) is 37.9 Å². The molecule has 118 valence electrons. The van der Waals surface area contributed by atoms with Gasteiger partial charge in [-0.05, 0) is 43.2 Å². The molecule has 3 N–H and O–H groups in total. The summed E-state index contributed by atoms with van der Waals surface area (Å²) < 4.78 is 43.2. The van der Waals surface area contributed by atoms with E-state index in [1.54, 1.807) is 19.5 Å². The van der Waals surface area contributed by atoms with E-state index in [0.29, 0.717) is 18.6 Å². The normalized spacial score (nSPS) is 24.6. The molecule has 0 bridgehead atoms. The largest absolute Gasteiger partial charge is 0.495 e. The number of alkyl halides is 3. The van der Waals surface area contributed by atoms with E-state index >= 15 is 0 Å². The number of nitrogens with one attached hydrogen (secondary N) is 1. The zero-order chi connectivity index (χ0) is 15.5. The third-order valence-electron chi connectivity index (χ3n) is 4.21. The van der Waals surface area contributed by atoms with Gasteiger partial charge >= 0.3 is 6.18 Å². The van der Waals surface area contributed by atoms with Crippen molar-refractivity contribution in [3.8, 4) is 5.75 Å². The standard InChI is InChI=1S/C14H20F3N3O/c1-21-12-6-10(7-19-8-12)13(20-18)9-2-4-11(5-3-9)14(15,16)17/h6-9,11,13,20H,2-5,18H2,1H3. The van der Waals surface area contributed by atoms with Gasteiger partial charge in [-0.25, -0.2) is 0 Å². The third-order valence-corrected chi connectivity index (χ3v) is 4.21. The molecule has 2 rings (SSSR count). The molecule has 0 spiro atoms. The Labute approximate surface area is 121 Å². The van der Waals surface area contributed by atoms with Crippen LogP contribution in [0.1, 0.15) is 37.3 Å². The Kier molecular flexibility index (Phi) is 5.05. The third kappa shape index (κ3) is 3.85. The van der Waals surface area contributed by atoms with Gasteiger partial charge in [0.25, 0.3) is 0 Å². The summed E-state index contributed by atoms with van der Waals surface area (Å²) in [4.78, 5) is 4.07. The summed E-state index contributed by atoms with van der Waals surface area (Å²) in [6.07, 6.45) is 0.467. The van der Waals surface area contributed by atoms with Gasteiger partial charge in [-0.15, -0.1) is 0 Å². The van der Waals surface area contributed by atoms with Crippen molar-refractivity contribution in [1.29, 1.82) is 0 Å². The van der Waals surface area contributed by atoms with Crippen LogP contribution >= 0.6 is 0 Å². The second-order valence-electron chi connectivity index (χ2n) is 5.46. The molecule has 1 saturated carbocycles. The summed E-state index contributed by atoms with van der Waals surface area (Å²) in [6, 6.07) is 1.61. The van der Waals surface area contributed by atoms with Crippen molar-refractivity contribution in [1.82, 2.24) is 10.4 Å². The first kappa shape index (κ1) is 16.0. The molecule has 0 aromatic carbocycles. The smallest absolute Gasteiger partial charge is 0.391 e. The highest BCUT2D eigenvalue weighted by Gasteiger charge is 2.42. The van der Waals surface area contributed by atoms with Gasteiger partial charge in [-0.3, -0.25) is 16.3 Å². The number of methoxy groups -OCH3 is 1. The van der Waals surface area contributed by atoms with Crippen molar-refractivity contribution in [3.63, 3.8) is 0 Å². The van der Waals surface area contributed by atoms with Crippen molar-refractivity contribution >= 4 is 0 Å². The summed E-state index contributed by atoms with van der Waals surface area (Å²) in [5.41, 5.74) is 3.56. The van der Waals surface area contributed by atoms with Crippen LogP contribution in [0.4, 0.5) is 13.2 Å². The van der Waals surface area contributed by atoms with E-state index in [-0.39, 0.29) is 24.8 Å². The molecule has 1 aliphatic rings. The van der Waals surface area contributed by atoms with Crippen LogP contribution in [0.3, 0.4) is 0 Å². The fourth-order valence-electron chi connectivity index (χ4n) is 3.00. The maximum Gasteiger partial charge on any atom is 0.391 e. The molecule has 0 radical (unpaired) electrons. The maximum absolute atomic E-state index is 12.7. The van der Waals surface area contributed by atoms with Gasteiger partial charge in [0.05, 0.1) is 25.3 Å². The summed E-state index contributed by atoms with van der Waals surface area (Å²) in [5.74, 6) is 5.10. The molecular weight excluding hydrogens is 283 g/mol. The van der Waals surface area contributed by atoms with E-state index in [4.69, 9.17) is 10.6 Å². The second kappa shape index (κ2) is 6.62. The molecule has 1 atom stereocenters. The molecule has 4 nitrogen and oxygen atoms in total. The average Bonchev–Trinajstić information content (AvgIpc) is 2.48. The van der Waals surface area contributed by atoms with Crippen molar-refractivity contribution < 1.29 is 17.9 Å². The van der Waals surface area contributed by atoms with E-state index < -0.39 is 12.1 Å². The minimum Gasteiger partial charge on any atom is -0.495 e. The molecular formula is C14H20F3N3O. The monoisotopic (exact) mass is 303 g/mol. The molecule has 1 aromatic heterocycles. The molecule has 1 fully saturated rings. The molecule has 1 heterocycles. The number of hydrazine groups is 1. The summed E-state index contributed by atoms with van der Waals surface area (Å²) in [6.45, 7) is 0. The highest BCUT2D eigenvalue weighted by molar-refractivity contribution is 5.26. The van der Waals surface area contributed by atoms with Gasteiger partial charge < -0.3 is 4.74 Å². The van der Waals surface area contributed by atoms with Crippen LogP contribution < -0.4 is 16.0 Å². The lowest BCUT2D eigenvalue weighted by atomic mass is 9.77. The predicted octanol–water partition coefficient (Wildman–Crippen LogP) is 2.96. The Bertz CT molecular complexity index is 459. The Balaban J connectivity index is 2.06. The Morgan fingerprint density at radius 2 is 1.95 bits per heavy atom. The molecule has 0 amide bonds. The Morgan fingerprint density at radius 1 is 1.29 bits per heavy atom. The van der Waals surface area contributed by atoms with Gasteiger partial charge in [-0.2, -0.15) is 13.2 Å². The second-order valence-corrected chi connectivity index (χ2v) is 5.46. The van der Waals surface area contributed by atoms with Gasteiger partial charge in [0.2, 0.25) is 0 Å². The first-order valence-electron chi connectivity index (χ1n) is 6.97.